The molecule has 0 bridgehead atoms. The third kappa shape index (κ3) is 2.44. The third-order valence-electron chi connectivity index (χ3n) is 2.40. The Morgan fingerprint density at radius 3 is 2.94 bits per heavy atom. The highest BCUT2D eigenvalue weighted by Crippen LogP contribution is 2.21. The Morgan fingerprint density at radius 1 is 1.53 bits per heavy atom. The molecule has 1 fully saturated rings. The maximum atomic E-state index is 11.7. The van der Waals surface area contributed by atoms with Crippen LogP contribution in [-0.2, 0) is 9.53 Å². The minimum absolute atomic E-state index is 0.111. The first kappa shape index (κ1) is 11.2. The number of nitrogen functional groups attached to an aromatic ring is 1. The van der Waals surface area contributed by atoms with Crippen LogP contribution < -0.4 is 16.4 Å². The molecule has 0 saturated carbocycles. The molecule has 0 aromatic carbocycles. The van der Waals surface area contributed by atoms with E-state index in [4.69, 9.17) is 16.2 Å². The van der Waals surface area contributed by atoms with Gasteiger partial charge in [0.05, 0.1) is 13.0 Å². The second-order valence-corrected chi connectivity index (χ2v) is 3.69. The SMILES string of the molecule is NC(=O)OC1CC(=O)N(c2cccc(N)n2)C1. The lowest BCUT2D eigenvalue weighted by molar-refractivity contribution is -0.117. The quantitative estimate of drug-likeness (QED) is 0.742. The van der Waals surface area contributed by atoms with E-state index in [0.717, 1.165) is 0 Å². The number of ether oxygens (including phenoxy) is 1. The van der Waals surface area contributed by atoms with Crippen LogP contribution in [0.25, 0.3) is 0 Å². The predicted molar refractivity (Wildman–Crippen MR) is 60.1 cm³/mol. The molecule has 1 aliphatic rings. The molecule has 0 radical (unpaired) electrons. The summed E-state index contributed by atoms with van der Waals surface area (Å²) in [7, 11) is 0. The highest BCUT2D eigenvalue weighted by molar-refractivity contribution is 5.95. The number of amides is 2. The molecule has 1 aliphatic heterocycles. The average molecular weight is 236 g/mol. The van der Waals surface area contributed by atoms with Crippen LogP contribution in [0.4, 0.5) is 16.4 Å². The number of hydrogen-bond donors (Lipinski definition) is 2. The summed E-state index contributed by atoms with van der Waals surface area (Å²) in [5.41, 5.74) is 10.4. The number of rotatable bonds is 2. The highest BCUT2D eigenvalue weighted by atomic mass is 16.6. The Bertz CT molecular complexity index is 463. The van der Waals surface area contributed by atoms with Crippen molar-refractivity contribution in [1.82, 2.24) is 4.98 Å². The topological polar surface area (TPSA) is 112 Å². The molecular formula is C10H12N4O3. The van der Waals surface area contributed by atoms with E-state index in [1.165, 1.54) is 4.90 Å². The second-order valence-electron chi connectivity index (χ2n) is 3.69. The number of aromatic nitrogens is 1. The van der Waals surface area contributed by atoms with Crippen LogP contribution in [0, 0.1) is 0 Å². The molecule has 17 heavy (non-hydrogen) atoms. The van der Waals surface area contributed by atoms with E-state index < -0.39 is 12.2 Å². The minimum atomic E-state index is -0.884. The van der Waals surface area contributed by atoms with Gasteiger partial charge in [0.25, 0.3) is 0 Å². The van der Waals surface area contributed by atoms with Crippen LogP contribution in [0.2, 0.25) is 0 Å². The van der Waals surface area contributed by atoms with Crippen LogP contribution >= 0.6 is 0 Å². The molecule has 7 nitrogen and oxygen atoms in total. The van der Waals surface area contributed by atoms with Crippen molar-refractivity contribution in [1.29, 1.82) is 0 Å². The molecule has 1 unspecified atom stereocenters. The van der Waals surface area contributed by atoms with Crippen LogP contribution in [0.15, 0.2) is 18.2 Å². The van der Waals surface area contributed by atoms with Gasteiger partial charge in [-0.05, 0) is 12.1 Å². The zero-order valence-corrected chi connectivity index (χ0v) is 9.00. The highest BCUT2D eigenvalue weighted by Gasteiger charge is 2.33. The van der Waals surface area contributed by atoms with Crippen molar-refractivity contribution in [2.45, 2.75) is 12.5 Å². The largest absolute Gasteiger partial charge is 0.444 e. The molecule has 7 heteroatoms. The van der Waals surface area contributed by atoms with Crippen LogP contribution in [0.5, 0.6) is 0 Å². The van der Waals surface area contributed by atoms with Gasteiger partial charge in [-0.1, -0.05) is 6.07 Å². The van der Waals surface area contributed by atoms with Crippen molar-refractivity contribution in [2.75, 3.05) is 17.2 Å². The zero-order chi connectivity index (χ0) is 12.4. The standard InChI is InChI=1S/C10H12N4O3/c11-7-2-1-3-8(13-7)14-5-6(4-9(14)15)17-10(12)16/h1-3,6H,4-5H2,(H2,11,13)(H2,12,16). The van der Waals surface area contributed by atoms with Gasteiger partial charge in [-0.3, -0.25) is 9.69 Å². The molecule has 0 aliphatic carbocycles. The minimum Gasteiger partial charge on any atom is -0.444 e. The van der Waals surface area contributed by atoms with Crippen molar-refractivity contribution in [3.8, 4) is 0 Å². The molecule has 2 rings (SSSR count). The lowest BCUT2D eigenvalue weighted by atomic mass is 10.3. The number of nitrogens with zero attached hydrogens (tertiary/aromatic N) is 2. The predicted octanol–water partition coefficient (Wildman–Crippen LogP) is -0.136. The molecule has 0 spiro atoms. The summed E-state index contributed by atoms with van der Waals surface area (Å²) >= 11 is 0. The molecule has 1 aromatic rings. The van der Waals surface area contributed by atoms with Crippen molar-refractivity contribution in [3.63, 3.8) is 0 Å². The Kier molecular flexibility index (Phi) is 2.82. The molecule has 90 valence electrons. The van der Waals surface area contributed by atoms with E-state index in [0.29, 0.717) is 11.6 Å². The summed E-state index contributed by atoms with van der Waals surface area (Å²) in [5, 5.41) is 0. The summed E-state index contributed by atoms with van der Waals surface area (Å²) in [6.07, 6.45) is -1.30. The fraction of sp³-hybridized carbons (Fsp3) is 0.300. The smallest absolute Gasteiger partial charge is 0.404 e. The summed E-state index contributed by atoms with van der Waals surface area (Å²) < 4.78 is 4.78. The lowest BCUT2D eigenvalue weighted by Crippen LogP contribution is -2.28. The van der Waals surface area contributed by atoms with Crippen molar-refractivity contribution < 1.29 is 14.3 Å². The van der Waals surface area contributed by atoms with Gasteiger partial charge in [0.2, 0.25) is 5.91 Å². The van der Waals surface area contributed by atoms with E-state index in [1.807, 2.05) is 0 Å². The second kappa shape index (κ2) is 4.28. The fourth-order valence-corrected chi connectivity index (χ4v) is 1.73. The summed E-state index contributed by atoms with van der Waals surface area (Å²) in [5.74, 6) is 0.606. The van der Waals surface area contributed by atoms with Crippen molar-refractivity contribution in [2.24, 2.45) is 5.73 Å². The normalized spacial score (nSPS) is 19.4. The Hall–Kier alpha value is -2.31. The number of anilines is 2. The number of nitrogens with two attached hydrogens (primary N) is 2. The van der Waals surface area contributed by atoms with Gasteiger partial charge < -0.3 is 16.2 Å². The Labute approximate surface area is 97.3 Å². The summed E-state index contributed by atoms with van der Waals surface area (Å²) in [4.78, 5) is 27.7. The monoisotopic (exact) mass is 236 g/mol. The molecular weight excluding hydrogens is 224 g/mol. The van der Waals surface area contributed by atoms with Gasteiger partial charge in [0, 0.05) is 0 Å². The zero-order valence-electron chi connectivity index (χ0n) is 9.00. The van der Waals surface area contributed by atoms with Gasteiger partial charge in [-0.25, -0.2) is 9.78 Å². The molecule has 2 heterocycles. The lowest BCUT2D eigenvalue weighted by Gasteiger charge is -2.15. The van der Waals surface area contributed by atoms with Crippen molar-refractivity contribution >= 4 is 23.6 Å². The molecule has 4 N–H and O–H groups in total. The van der Waals surface area contributed by atoms with E-state index in [9.17, 15) is 9.59 Å². The average Bonchev–Trinajstić information content (AvgIpc) is 2.58. The van der Waals surface area contributed by atoms with Gasteiger partial charge in [-0.2, -0.15) is 0 Å². The number of primary amides is 1. The van der Waals surface area contributed by atoms with Gasteiger partial charge >= 0.3 is 6.09 Å². The number of carbonyl (C=O) groups is 2. The number of pyridine rings is 1. The molecule has 2 amide bonds. The van der Waals surface area contributed by atoms with E-state index >= 15 is 0 Å². The summed E-state index contributed by atoms with van der Waals surface area (Å²) in [6, 6.07) is 5.00. The molecule has 1 aromatic heterocycles. The maximum Gasteiger partial charge on any atom is 0.404 e. The maximum absolute atomic E-state index is 11.7. The summed E-state index contributed by atoms with van der Waals surface area (Å²) in [6.45, 7) is 0.248. The molecule has 1 atom stereocenters. The Morgan fingerprint density at radius 2 is 2.29 bits per heavy atom. The van der Waals surface area contributed by atoms with E-state index in [2.05, 4.69) is 4.98 Å². The van der Waals surface area contributed by atoms with Crippen molar-refractivity contribution in [3.05, 3.63) is 18.2 Å². The first-order valence-electron chi connectivity index (χ1n) is 5.05. The number of hydrogen-bond acceptors (Lipinski definition) is 5. The van der Waals surface area contributed by atoms with Crippen LogP contribution in [0.3, 0.4) is 0 Å². The van der Waals surface area contributed by atoms with Gasteiger partial charge in [-0.15, -0.1) is 0 Å². The van der Waals surface area contributed by atoms with Gasteiger partial charge in [0.1, 0.15) is 17.7 Å². The first-order chi connectivity index (χ1) is 8.06. The first-order valence-corrected chi connectivity index (χ1v) is 5.05. The molecule has 1 saturated heterocycles. The van der Waals surface area contributed by atoms with Crippen LogP contribution in [0.1, 0.15) is 6.42 Å². The number of carbonyl (C=O) groups excluding carboxylic acids is 2. The third-order valence-corrected chi connectivity index (χ3v) is 2.40. The Balaban J connectivity index is 2.13. The van der Waals surface area contributed by atoms with E-state index in [-0.39, 0.29) is 18.9 Å². The van der Waals surface area contributed by atoms with E-state index in [1.54, 1.807) is 18.2 Å². The fourth-order valence-electron chi connectivity index (χ4n) is 1.73. The van der Waals surface area contributed by atoms with Gasteiger partial charge in [0.15, 0.2) is 0 Å². The van der Waals surface area contributed by atoms with Crippen LogP contribution in [-0.4, -0.2) is 29.6 Å².